The van der Waals surface area contributed by atoms with Gasteiger partial charge in [-0.2, -0.15) is 0 Å². The first-order valence-electron chi connectivity index (χ1n) is 5.98. The number of ether oxygens (including phenoxy) is 3. The summed E-state index contributed by atoms with van der Waals surface area (Å²) in [7, 11) is 3.07. The highest BCUT2D eigenvalue weighted by atomic mass is 16.5. The van der Waals surface area contributed by atoms with E-state index in [-0.39, 0.29) is 18.4 Å². The number of benzene rings is 1. The summed E-state index contributed by atoms with van der Waals surface area (Å²) in [4.78, 5) is 10.3. The second-order valence-electron chi connectivity index (χ2n) is 3.95. The normalized spacial score (nSPS) is 10.4. The second-order valence-corrected chi connectivity index (χ2v) is 3.95. The summed E-state index contributed by atoms with van der Waals surface area (Å²) in [6.07, 6.45) is 0. The molecule has 0 fully saturated rings. The van der Waals surface area contributed by atoms with Gasteiger partial charge in [0.25, 0.3) is 5.89 Å². The van der Waals surface area contributed by atoms with E-state index in [0.717, 1.165) is 0 Å². The molecule has 0 saturated heterocycles. The van der Waals surface area contributed by atoms with Gasteiger partial charge in [-0.05, 0) is 12.1 Å². The van der Waals surface area contributed by atoms with Crippen molar-refractivity contribution in [1.29, 1.82) is 0 Å². The molecule has 0 amide bonds. The van der Waals surface area contributed by atoms with Crippen molar-refractivity contribution in [3.05, 3.63) is 24.1 Å². The molecule has 0 aliphatic heterocycles. The largest absolute Gasteiger partial charge is 0.497 e. The van der Waals surface area contributed by atoms with Crippen LogP contribution in [0.2, 0.25) is 0 Å². The Balaban J connectivity index is 2.15. The lowest BCUT2D eigenvalue weighted by atomic mass is 10.2. The van der Waals surface area contributed by atoms with Crippen molar-refractivity contribution >= 4 is 5.97 Å². The van der Waals surface area contributed by atoms with E-state index < -0.39 is 12.6 Å². The van der Waals surface area contributed by atoms with Crippen molar-refractivity contribution in [2.24, 2.45) is 0 Å². The van der Waals surface area contributed by atoms with Crippen LogP contribution in [0.5, 0.6) is 11.5 Å². The van der Waals surface area contributed by atoms with Crippen LogP contribution in [-0.4, -0.2) is 42.1 Å². The molecule has 21 heavy (non-hydrogen) atoms. The minimum absolute atomic E-state index is 0.0717. The first-order valence-corrected chi connectivity index (χ1v) is 5.98. The molecule has 0 spiro atoms. The third-order valence-electron chi connectivity index (χ3n) is 2.56. The van der Waals surface area contributed by atoms with E-state index in [4.69, 9.17) is 23.7 Å². The fourth-order valence-corrected chi connectivity index (χ4v) is 1.62. The zero-order valence-electron chi connectivity index (χ0n) is 11.5. The lowest BCUT2D eigenvalue weighted by molar-refractivity contribution is -0.142. The number of hydrogen-bond donors (Lipinski definition) is 1. The van der Waals surface area contributed by atoms with Crippen LogP contribution in [0.4, 0.5) is 0 Å². The van der Waals surface area contributed by atoms with Gasteiger partial charge < -0.3 is 23.7 Å². The average Bonchev–Trinajstić information content (AvgIpc) is 2.94. The highest BCUT2D eigenvalue weighted by molar-refractivity contribution is 5.68. The topological polar surface area (TPSA) is 104 Å². The lowest BCUT2D eigenvalue weighted by Gasteiger charge is -2.07. The van der Waals surface area contributed by atoms with Crippen molar-refractivity contribution in [3.8, 4) is 23.0 Å². The van der Waals surface area contributed by atoms with E-state index >= 15 is 0 Å². The van der Waals surface area contributed by atoms with Crippen LogP contribution in [0.25, 0.3) is 11.5 Å². The fourth-order valence-electron chi connectivity index (χ4n) is 1.62. The van der Waals surface area contributed by atoms with Crippen LogP contribution >= 0.6 is 0 Å². The van der Waals surface area contributed by atoms with Crippen molar-refractivity contribution < 1.29 is 28.5 Å². The standard InChI is InChI=1S/C13H14N2O6/c1-18-8-3-4-9(10(5-8)19-2)13-15-14-11(21-13)6-20-7-12(16)17/h3-5H,6-7H2,1-2H3,(H,16,17). The van der Waals surface area contributed by atoms with Crippen LogP contribution in [-0.2, 0) is 16.1 Å². The van der Waals surface area contributed by atoms with E-state index in [2.05, 4.69) is 10.2 Å². The van der Waals surface area contributed by atoms with Crippen LogP contribution in [0.3, 0.4) is 0 Å². The Morgan fingerprint density at radius 3 is 2.76 bits per heavy atom. The zero-order valence-corrected chi connectivity index (χ0v) is 11.5. The molecule has 0 unspecified atom stereocenters. The molecule has 1 heterocycles. The Hall–Kier alpha value is -2.61. The van der Waals surface area contributed by atoms with Gasteiger partial charge in [-0.1, -0.05) is 0 Å². The van der Waals surface area contributed by atoms with Crippen LogP contribution in [0.15, 0.2) is 22.6 Å². The van der Waals surface area contributed by atoms with Gasteiger partial charge in [0.15, 0.2) is 0 Å². The van der Waals surface area contributed by atoms with E-state index in [1.807, 2.05) is 0 Å². The Bertz CT molecular complexity index is 625. The van der Waals surface area contributed by atoms with E-state index in [0.29, 0.717) is 17.1 Å². The molecule has 8 nitrogen and oxygen atoms in total. The highest BCUT2D eigenvalue weighted by Gasteiger charge is 2.14. The number of methoxy groups -OCH3 is 2. The zero-order chi connectivity index (χ0) is 15.2. The molecule has 0 saturated carbocycles. The molecule has 2 rings (SSSR count). The van der Waals surface area contributed by atoms with Gasteiger partial charge in [0.05, 0.1) is 19.8 Å². The average molecular weight is 294 g/mol. The SMILES string of the molecule is COc1ccc(-c2nnc(COCC(=O)O)o2)c(OC)c1. The van der Waals surface area contributed by atoms with Gasteiger partial charge in [-0.3, -0.25) is 0 Å². The Morgan fingerprint density at radius 2 is 2.10 bits per heavy atom. The molecule has 1 N–H and O–H groups in total. The molecule has 0 aliphatic rings. The van der Waals surface area contributed by atoms with Crippen LogP contribution in [0.1, 0.15) is 5.89 Å². The smallest absolute Gasteiger partial charge is 0.329 e. The molecule has 0 radical (unpaired) electrons. The van der Waals surface area contributed by atoms with Gasteiger partial charge in [0.2, 0.25) is 5.89 Å². The Morgan fingerprint density at radius 1 is 1.29 bits per heavy atom. The number of hydrogen-bond acceptors (Lipinski definition) is 7. The Kier molecular flexibility index (Phi) is 4.72. The maximum absolute atomic E-state index is 10.3. The first-order chi connectivity index (χ1) is 10.1. The molecule has 0 atom stereocenters. The predicted molar refractivity (Wildman–Crippen MR) is 70.1 cm³/mol. The van der Waals surface area contributed by atoms with Crippen molar-refractivity contribution in [2.45, 2.75) is 6.61 Å². The second kappa shape index (κ2) is 6.71. The summed E-state index contributed by atoms with van der Waals surface area (Å²) in [5, 5.41) is 16.1. The van der Waals surface area contributed by atoms with Crippen molar-refractivity contribution in [2.75, 3.05) is 20.8 Å². The molecule has 2 aromatic rings. The van der Waals surface area contributed by atoms with Gasteiger partial charge in [0, 0.05) is 6.07 Å². The number of carbonyl (C=O) groups is 1. The third-order valence-corrected chi connectivity index (χ3v) is 2.56. The quantitative estimate of drug-likeness (QED) is 0.816. The van der Waals surface area contributed by atoms with Gasteiger partial charge in [-0.15, -0.1) is 10.2 Å². The van der Waals surface area contributed by atoms with E-state index in [1.54, 1.807) is 25.3 Å². The summed E-state index contributed by atoms with van der Waals surface area (Å²) in [6, 6.07) is 5.16. The van der Waals surface area contributed by atoms with Gasteiger partial charge >= 0.3 is 5.97 Å². The number of aromatic nitrogens is 2. The summed E-state index contributed by atoms with van der Waals surface area (Å²) >= 11 is 0. The Labute approximate surface area is 120 Å². The maximum atomic E-state index is 10.3. The number of aliphatic carboxylic acids is 1. The molecular formula is C13H14N2O6. The number of carboxylic acid groups (broad SMARTS) is 1. The maximum Gasteiger partial charge on any atom is 0.329 e. The third kappa shape index (κ3) is 3.69. The van der Waals surface area contributed by atoms with Crippen LogP contribution < -0.4 is 9.47 Å². The summed E-state index contributed by atoms with van der Waals surface area (Å²) in [5.41, 5.74) is 0.607. The van der Waals surface area contributed by atoms with Gasteiger partial charge in [-0.25, -0.2) is 4.79 Å². The molecule has 1 aromatic heterocycles. The van der Waals surface area contributed by atoms with E-state index in [1.165, 1.54) is 7.11 Å². The monoisotopic (exact) mass is 294 g/mol. The lowest BCUT2D eigenvalue weighted by Crippen LogP contribution is -2.06. The van der Waals surface area contributed by atoms with Crippen molar-refractivity contribution in [1.82, 2.24) is 10.2 Å². The number of rotatable bonds is 7. The minimum atomic E-state index is -1.06. The number of carboxylic acids is 1. The highest BCUT2D eigenvalue weighted by Crippen LogP contribution is 2.32. The minimum Gasteiger partial charge on any atom is -0.497 e. The molecule has 112 valence electrons. The molecular weight excluding hydrogens is 280 g/mol. The summed E-state index contributed by atoms with van der Waals surface area (Å²) in [6.45, 7) is -0.499. The summed E-state index contributed by atoms with van der Waals surface area (Å²) < 4.78 is 20.6. The molecule has 1 aromatic carbocycles. The molecule has 8 heteroatoms. The first kappa shape index (κ1) is 14.8. The van der Waals surface area contributed by atoms with Crippen molar-refractivity contribution in [3.63, 3.8) is 0 Å². The molecule has 0 aliphatic carbocycles. The fraction of sp³-hybridized carbons (Fsp3) is 0.308. The van der Waals surface area contributed by atoms with Crippen LogP contribution in [0, 0.1) is 0 Å². The van der Waals surface area contributed by atoms with Gasteiger partial charge in [0.1, 0.15) is 24.7 Å². The summed E-state index contributed by atoms with van der Waals surface area (Å²) in [5.74, 6) is 0.537. The predicted octanol–water partition coefficient (Wildman–Crippen LogP) is 1.35. The molecule has 0 bridgehead atoms. The van der Waals surface area contributed by atoms with E-state index in [9.17, 15) is 4.79 Å². The number of nitrogens with zero attached hydrogens (tertiary/aromatic N) is 2.